The molecule has 0 aromatic heterocycles. The summed E-state index contributed by atoms with van der Waals surface area (Å²) in [6, 6.07) is 19.3. The molecule has 0 aliphatic rings. The minimum Gasteiger partial charge on any atom is -0.479 e. The molecule has 0 aliphatic heterocycles. The van der Waals surface area contributed by atoms with E-state index in [1.807, 2.05) is 60.7 Å². The molecule has 0 aliphatic carbocycles. The van der Waals surface area contributed by atoms with Crippen LogP contribution in [0.2, 0.25) is 0 Å². The fourth-order valence-corrected chi connectivity index (χ4v) is 2.38. The van der Waals surface area contributed by atoms with E-state index in [2.05, 4.69) is 0 Å². The van der Waals surface area contributed by atoms with Crippen molar-refractivity contribution in [2.75, 3.05) is 6.61 Å². The number of rotatable bonds is 9. The van der Waals surface area contributed by atoms with Gasteiger partial charge in [-0.15, -0.1) is 0 Å². The molecule has 152 valence electrons. The van der Waals surface area contributed by atoms with Crippen LogP contribution in [0.3, 0.4) is 0 Å². The highest BCUT2D eigenvalue weighted by molar-refractivity contribution is 5.74. The smallest absolute Gasteiger partial charge is 0.334 e. The van der Waals surface area contributed by atoms with Crippen molar-refractivity contribution in [3.63, 3.8) is 0 Å². The third kappa shape index (κ3) is 9.85. The molecule has 0 heterocycles. The lowest BCUT2D eigenvalue weighted by Gasteiger charge is -2.09. The molecule has 6 nitrogen and oxygen atoms in total. The van der Waals surface area contributed by atoms with Crippen LogP contribution in [-0.4, -0.2) is 46.1 Å². The van der Waals surface area contributed by atoms with Crippen LogP contribution in [0.5, 0.6) is 0 Å². The number of aryl methyl sites for hydroxylation is 2. The number of aliphatic hydroxyl groups excluding tert-OH is 2. The van der Waals surface area contributed by atoms with Crippen LogP contribution < -0.4 is 0 Å². The molecule has 2 atom stereocenters. The van der Waals surface area contributed by atoms with E-state index < -0.39 is 24.1 Å². The molecule has 0 saturated heterocycles. The standard InChI is InChI=1S/C12H16O3.C10H12O3/c1-2-15-12(14)11(13)9-8-10-6-4-3-5-7-10;11-9(10(12)13)7-6-8-4-2-1-3-5-8/h3-7,11,13H,2,8-9H2,1H3;1-5,9,11H,6-7H2,(H,12,13)/t11-;9-/m11/s1. The molecule has 6 heteroatoms. The molecule has 28 heavy (non-hydrogen) atoms. The van der Waals surface area contributed by atoms with Gasteiger partial charge in [-0.2, -0.15) is 0 Å². The molecule has 0 unspecified atom stereocenters. The predicted molar refractivity (Wildman–Crippen MR) is 106 cm³/mol. The SMILES string of the molecule is CCOC(=O)[C@H](O)CCc1ccccc1.O=C(O)[C@H](O)CCc1ccccc1. The summed E-state index contributed by atoms with van der Waals surface area (Å²) in [4.78, 5) is 21.4. The van der Waals surface area contributed by atoms with Gasteiger partial charge in [0.15, 0.2) is 12.2 Å². The maximum absolute atomic E-state index is 11.1. The van der Waals surface area contributed by atoms with Gasteiger partial charge in [0.2, 0.25) is 0 Å². The van der Waals surface area contributed by atoms with Crippen LogP contribution in [0, 0.1) is 0 Å². The van der Waals surface area contributed by atoms with Crippen LogP contribution >= 0.6 is 0 Å². The first kappa shape index (κ1) is 23.3. The van der Waals surface area contributed by atoms with Crippen LogP contribution in [0.1, 0.15) is 30.9 Å². The Bertz CT molecular complexity index is 687. The van der Waals surface area contributed by atoms with Gasteiger partial charge in [0, 0.05) is 0 Å². The third-order valence-electron chi connectivity index (χ3n) is 3.94. The van der Waals surface area contributed by atoms with E-state index in [1.54, 1.807) is 6.92 Å². The second-order valence-electron chi connectivity index (χ2n) is 6.17. The maximum Gasteiger partial charge on any atom is 0.334 e. The molecule has 2 aromatic carbocycles. The number of benzene rings is 2. The third-order valence-corrected chi connectivity index (χ3v) is 3.94. The highest BCUT2D eigenvalue weighted by Gasteiger charge is 2.15. The molecule has 0 radical (unpaired) electrons. The highest BCUT2D eigenvalue weighted by atomic mass is 16.5. The van der Waals surface area contributed by atoms with Gasteiger partial charge in [0.1, 0.15) is 0 Å². The fraction of sp³-hybridized carbons (Fsp3) is 0.364. The Morgan fingerprint density at radius 3 is 1.64 bits per heavy atom. The van der Waals surface area contributed by atoms with E-state index in [9.17, 15) is 14.7 Å². The van der Waals surface area contributed by atoms with Crippen LogP contribution in [0.4, 0.5) is 0 Å². The van der Waals surface area contributed by atoms with Gasteiger partial charge >= 0.3 is 11.9 Å². The van der Waals surface area contributed by atoms with Crippen molar-refractivity contribution < 1.29 is 29.6 Å². The topological polar surface area (TPSA) is 104 Å². The second-order valence-corrected chi connectivity index (χ2v) is 6.17. The van der Waals surface area contributed by atoms with Gasteiger partial charge in [-0.1, -0.05) is 60.7 Å². The number of hydrogen-bond donors (Lipinski definition) is 3. The number of carbonyl (C=O) groups is 2. The molecule has 2 rings (SSSR count). The molecule has 0 saturated carbocycles. The molecule has 0 amide bonds. The maximum atomic E-state index is 11.1. The lowest BCUT2D eigenvalue weighted by atomic mass is 10.1. The molecule has 0 bridgehead atoms. The number of ether oxygens (including phenoxy) is 1. The van der Waals surface area contributed by atoms with Crippen molar-refractivity contribution in [3.8, 4) is 0 Å². The van der Waals surface area contributed by atoms with Gasteiger partial charge in [-0.25, -0.2) is 9.59 Å². The zero-order valence-corrected chi connectivity index (χ0v) is 16.0. The summed E-state index contributed by atoms with van der Waals surface area (Å²) in [7, 11) is 0. The average molecular weight is 388 g/mol. The molecule has 0 fully saturated rings. The highest BCUT2D eigenvalue weighted by Crippen LogP contribution is 2.06. The van der Waals surface area contributed by atoms with Crippen molar-refractivity contribution in [1.82, 2.24) is 0 Å². The lowest BCUT2D eigenvalue weighted by Crippen LogP contribution is -2.23. The first-order chi connectivity index (χ1) is 13.4. The predicted octanol–water partition coefficient (Wildman–Crippen LogP) is 2.61. The first-order valence-electron chi connectivity index (χ1n) is 9.27. The Hall–Kier alpha value is -2.70. The number of carbonyl (C=O) groups excluding carboxylic acids is 1. The lowest BCUT2D eigenvalue weighted by molar-refractivity contribution is -0.153. The molecular weight excluding hydrogens is 360 g/mol. The average Bonchev–Trinajstić information content (AvgIpc) is 2.72. The van der Waals surface area contributed by atoms with E-state index >= 15 is 0 Å². The normalized spacial score (nSPS) is 12.2. The number of aliphatic hydroxyl groups is 2. The Balaban J connectivity index is 0.000000283. The largest absolute Gasteiger partial charge is 0.479 e. The van der Waals surface area contributed by atoms with E-state index in [1.165, 1.54) is 0 Å². The van der Waals surface area contributed by atoms with Crippen molar-refractivity contribution in [2.24, 2.45) is 0 Å². The van der Waals surface area contributed by atoms with Gasteiger partial charge in [0.25, 0.3) is 0 Å². The number of aliphatic carboxylic acids is 1. The minimum absolute atomic E-state index is 0.263. The summed E-state index contributed by atoms with van der Waals surface area (Å²) in [6.07, 6.45) is -0.317. The van der Waals surface area contributed by atoms with Gasteiger partial charge in [-0.05, 0) is 43.7 Å². The summed E-state index contributed by atoms with van der Waals surface area (Å²) < 4.78 is 4.70. The van der Waals surface area contributed by atoms with Crippen LogP contribution in [0.25, 0.3) is 0 Å². The van der Waals surface area contributed by atoms with E-state index in [-0.39, 0.29) is 6.42 Å². The fourth-order valence-electron chi connectivity index (χ4n) is 2.38. The summed E-state index contributed by atoms with van der Waals surface area (Å²) >= 11 is 0. The number of carboxylic acid groups (broad SMARTS) is 1. The zero-order valence-electron chi connectivity index (χ0n) is 16.0. The van der Waals surface area contributed by atoms with Gasteiger partial charge in [-0.3, -0.25) is 0 Å². The number of hydrogen-bond acceptors (Lipinski definition) is 5. The summed E-state index contributed by atoms with van der Waals surface area (Å²) in [5.41, 5.74) is 2.16. The summed E-state index contributed by atoms with van der Waals surface area (Å²) in [6.45, 7) is 2.03. The monoisotopic (exact) mass is 388 g/mol. The summed E-state index contributed by atoms with van der Waals surface area (Å²) in [5, 5.41) is 26.8. The Labute approximate surface area is 165 Å². The van der Waals surface area contributed by atoms with Crippen molar-refractivity contribution in [3.05, 3.63) is 71.8 Å². The first-order valence-corrected chi connectivity index (χ1v) is 9.27. The van der Waals surface area contributed by atoms with E-state index in [4.69, 9.17) is 14.9 Å². The quantitative estimate of drug-likeness (QED) is 0.571. The molecule has 0 spiro atoms. The van der Waals surface area contributed by atoms with Crippen molar-refractivity contribution >= 4 is 11.9 Å². The van der Waals surface area contributed by atoms with Crippen molar-refractivity contribution in [2.45, 2.75) is 44.8 Å². The summed E-state index contributed by atoms with van der Waals surface area (Å²) in [5.74, 6) is -1.69. The zero-order chi connectivity index (χ0) is 20.8. The van der Waals surface area contributed by atoms with Gasteiger partial charge < -0.3 is 20.1 Å². The Kier molecular flexibility index (Phi) is 11.2. The van der Waals surface area contributed by atoms with E-state index in [0.717, 1.165) is 11.1 Å². The molecule has 3 N–H and O–H groups in total. The van der Waals surface area contributed by atoms with Gasteiger partial charge in [0.05, 0.1) is 6.61 Å². The Morgan fingerprint density at radius 2 is 1.25 bits per heavy atom. The molecule has 2 aromatic rings. The van der Waals surface area contributed by atoms with Crippen LogP contribution in [0.15, 0.2) is 60.7 Å². The Morgan fingerprint density at radius 1 is 0.821 bits per heavy atom. The number of esters is 1. The second kappa shape index (κ2) is 13.5. The van der Waals surface area contributed by atoms with Crippen LogP contribution in [-0.2, 0) is 27.2 Å². The number of carboxylic acids is 1. The van der Waals surface area contributed by atoms with Crippen molar-refractivity contribution in [1.29, 1.82) is 0 Å². The van der Waals surface area contributed by atoms with E-state index in [0.29, 0.717) is 25.9 Å². The molecular formula is C22H28O6. The minimum atomic E-state index is -1.25.